The van der Waals surface area contributed by atoms with Crippen molar-refractivity contribution in [2.45, 2.75) is 11.7 Å². The highest BCUT2D eigenvalue weighted by Gasteiger charge is 2.26. The number of hydrogen-bond donors (Lipinski definition) is 1. The summed E-state index contributed by atoms with van der Waals surface area (Å²) in [6.07, 6.45) is 1.68. The maximum absolute atomic E-state index is 12.8. The molecule has 1 rings (SSSR count). The Bertz CT molecular complexity index is 391. The van der Waals surface area contributed by atoms with Gasteiger partial charge in [0.05, 0.1) is 4.75 Å². The van der Waals surface area contributed by atoms with Crippen LogP contribution in [0.4, 0.5) is 9.18 Å². The number of carbonyl (C=O) groups excluding carboxylic acids is 1. The Morgan fingerprint density at radius 2 is 2.06 bits per heavy atom. The highest BCUT2D eigenvalue weighted by atomic mass is 32.2. The number of hydrogen-bond acceptors (Lipinski definition) is 2. The topological polar surface area (TPSA) is 29.1 Å². The summed E-state index contributed by atoms with van der Waals surface area (Å²) in [6.45, 7) is 5.59. The van der Waals surface area contributed by atoms with Gasteiger partial charge in [-0.3, -0.25) is 4.79 Å². The highest BCUT2D eigenvalue weighted by Crippen LogP contribution is 2.37. The Kier molecular flexibility index (Phi) is 4.12. The summed E-state index contributed by atoms with van der Waals surface area (Å²) in [5.41, 5.74) is 0.845. The van der Waals surface area contributed by atoms with Crippen molar-refractivity contribution in [1.29, 1.82) is 0 Å². The van der Waals surface area contributed by atoms with Crippen molar-refractivity contribution in [2.75, 3.05) is 7.05 Å². The Hall–Kier alpha value is -1.29. The van der Waals surface area contributed by atoms with Gasteiger partial charge in [0, 0.05) is 7.05 Å². The normalized spacial score (nSPS) is 13.9. The Morgan fingerprint density at radius 1 is 1.50 bits per heavy atom. The molecule has 16 heavy (non-hydrogen) atoms. The second kappa shape index (κ2) is 5.16. The minimum atomic E-state index is -0.548. The summed E-state index contributed by atoms with van der Waals surface area (Å²) in [7, 11) is 1.57. The van der Waals surface area contributed by atoms with E-state index in [0.717, 1.165) is 17.3 Å². The SMILES string of the molecule is C=C[C@@](C)(SC(=O)NC)c1ccc(F)cc1. The van der Waals surface area contributed by atoms with Crippen molar-refractivity contribution < 1.29 is 9.18 Å². The summed E-state index contributed by atoms with van der Waals surface area (Å²) in [4.78, 5) is 11.4. The van der Waals surface area contributed by atoms with E-state index in [2.05, 4.69) is 11.9 Å². The standard InChI is InChI=1S/C12H14FNOS/c1-4-12(2,16-11(15)14-3)9-5-7-10(13)8-6-9/h4-8H,1H2,2-3H3,(H,14,15)/t12-/m1/s1. The number of benzene rings is 1. The van der Waals surface area contributed by atoms with Crippen LogP contribution in [0.2, 0.25) is 0 Å². The van der Waals surface area contributed by atoms with E-state index in [9.17, 15) is 9.18 Å². The van der Waals surface area contributed by atoms with Crippen molar-refractivity contribution in [3.8, 4) is 0 Å². The third kappa shape index (κ3) is 2.85. The molecule has 1 N–H and O–H groups in total. The molecule has 0 aliphatic carbocycles. The molecule has 0 aliphatic rings. The van der Waals surface area contributed by atoms with Gasteiger partial charge in [-0.1, -0.05) is 18.2 Å². The monoisotopic (exact) mass is 239 g/mol. The fourth-order valence-corrected chi connectivity index (χ4v) is 2.07. The van der Waals surface area contributed by atoms with E-state index in [1.807, 2.05) is 6.92 Å². The van der Waals surface area contributed by atoms with Gasteiger partial charge < -0.3 is 5.32 Å². The maximum Gasteiger partial charge on any atom is 0.279 e. The molecule has 1 aromatic rings. The molecule has 1 atom stereocenters. The van der Waals surface area contributed by atoms with Crippen LogP contribution in [0.25, 0.3) is 0 Å². The van der Waals surface area contributed by atoms with E-state index in [4.69, 9.17) is 0 Å². The number of amides is 1. The lowest BCUT2D eigenvalue weighted by Crippen LogP contribution is -2.22. The fraction of sp³-hybridized carbons (Fsp3) is 0.250. The van der Waals surface area contributed by atoms with Crippen LogP contribution in [0, 0.1) is 5.82 Å². The van der Waals surface area contributed by atoms with Crippen LogP contribution >= 0.6 is 11.8 Å². The van der Waals surface area contributed by atoms with E-state index >= 15 is 0 Å². The van der Waals surface area contributed by atoms with E-state index < -0.39 is 4.75 Å². The van der Waals surface area contributed by atoms with Crippen molar-refractivity contribution in [2.24, 2.45) is 0 Å². The molecule has 86 valence electrons. The molecule has 0 unspecified atom stereocenters. The van der Waals surface area contributed by atoms with Crippen molar-refractivity contribution in [3.05, 3.63) is 48.3 Å². The summed E-state index contributed by atoms with van der Waals surface area (Å²) < 4.78 is 12.2. The van der Waals surface area contributed by atoms with Gasteiger partial charge in [0.2, 0.25) is 0 Å². The first kappa shape index (κ1) is 12.8. The van der Waals surface area contributed by atoms with Gasteiger partial charge in [0.15, 0.2) is 0 Å². The van der Waals surface area contributed by atoms with Crippen LogP contribution in [0.5, 0.6) is 0 Å². The van der Waals surface area contributed by atoms with E-state index in [1.165, 1.54) is 12.1 Å². The highest BCUT2D eigenvalue weighted by molar-refractivity contribution is 8.14. The molecule has 0 heterocycles. The lowest BCUT2D eigenvalue weighted by Gasteiger charge is -2.24. The van der Waals surface area contributed by atoms with Crippen LogP contribution in [0.1, 0.15) is 12.5 Å². The maximum atomic E-state index is 12.8. The van der Waals surface area contributed by atoms with Gasteiger partial charge >= 0.3 is 0 Å². The lowest BCUT2D eigenvalue weighted by molar-refractivity contribution is 0.262. The van der Waals surface area contributed by atoms with Crippen LogP contribution in [0.15, 0.2) is 36.9 Å². The number of thioether (sulfide) groups is 1. The Labute approximate surface area is 98.9 Å². The number of rotatable bonds is 3. The molecule has 0 saturated carbocycles. The number of halogens is 1. The molecule has 0 aromatic heterocycles. The molecule has 4 heteroatoms. The average molecular weight is 239 g/mol. The average Bonchev–Trinajstić information content (AvgIpc) is 2.29. The predicted octanol–water partition coefficient (Wildman–Crippen LogP) is 3.30. The van der Waals surface area contributed by atoms with Crippen LogP contribution in [-0.4, -0.2) is 12.3 Å². The number of nitrogens with one attached hydrogen (secondary N) is 1. The Balaban J connectivity index is 2.99. The third-order valence-electron chi connectivity index (χ3n) is 2.32. The molecular formula is C12H14FNOS. The van der Waals surface area contributed by atoms with Gasteiger partial charge in [-0.15, -0.1) is 6.58 Å². The second-order valence-corrected chi connectivity index (χ2v) is 4.88. The van der Waals surface area contributed by atoms with Crippen molar-refractivity contribution >= 4 is 17.0 Å². The zero-order valence-electron chi connectivity index (χ0n) is 9.29. The van der Waals surface area contributed by atoms with E-state index in [-0.39, 0.29) is 11.1 Å². The molecule has 0 fully saturated rings. The first-order valence-corrected chi connectivity index (χ1v) is 5.64. The first-order valence-electron chi connectivity index (χ1n) is 4.82. The molecule has 1 amide bonds. The fourth-order valence-electron chi connectivity index (χ4n) is 1.24. The minimum absolute atomic E-state index is 0.147. The minimum Gasteiger partial charge on any atom is -0.350 e. The Morgan fingerprint density at radius 3 is 2.50 bits per heavy atom. The summed E-state index contributed by atoms with van der Waals surface area (Å²) in [5.74, 6) is -0.292. The van der Waals surface area contributed by atoms with Crippen LogP contribution in [0.3, 0.4) is 0 Å². The van der Waals surface area contributed by atoms with E-state index in [0.29, 0.717) is 0 Å². The van der Waals surface area contributed by atoms with Crippen LogP contribution < -0.4 is 5.32 Å². The van der Waals surface area contributed by atoms with Gasteiger partial charge in [-0.2, -0.15) is 0 Å². The summed E-state index contributed by atoms with van der Waals surface area (Å²) in [5, 5.41) is 2.39. The van der Waals surface area contributed by atoms with Gasteiger partial charge in [0.1, 0.15) is 5.82 Å². The predicted molar refractivity (Wildman–Crippen MR) is 66.0 cm³/mol. The van der Waals surface area contributed by atoms with Crippen LogP contribution in [-0.2, 0) is 4.75 Å². The molecule has 0 spiro atoms. The molecular weight excluding hydrogens is 225 g/mol. The van der Waals surface area contributed by atoms with Gasteiger partial charge in [0.25, 0.3) is 5.24 Å². The quantitative estimate of drug-likeness (QED) is 0.820. The van der Waals surface area contributed by atoms with Crippen molar-refractivity contribution in [1.82, 2.24) is 5.32 Å². The summed E-state index contributed by atoms with van der Waals surface area (Å²) >= 11 is 1.12. The van der Waals surface area contributed by atoms with Gasteiger partial charge in [-0.25, -0.2) is 4.39 Å². The molecule has 1 aromatic carbocycles. The van der Waals surface area contributed by atoms with Crippen molar-refractivity contribution in [3.63, 3.8) is 0 Å². The summed E-state index contributed by atoms with van der Waals surface area (Å²) in [6, 6.07) is 6.07. The third-order valence-corrected chi connectivity index (χ3v) is 3.53. The molecule has 2 nitrogen and oxygen atoms in total. The molecule has 0 radical (unpaired) electrons. The second-order valence-electron chi connectivity index (χ2n) is 3.46. The van der Waals surface area contributed by atoms with Gasteiger partial charge in [-0.05, 0) is 36.4 Å². The largest absolute Gasteiger partial charge is 0.350 e. The van der Waals surface area contributed by atoms with E-state index in [1.54, 1.807) is 25.3 Å². The molecule has 0 bridgehead atoms. The lowest BCUT2D eigenvalue weighted by atomic mass is 10.0. The smallest absolute Gasteiger partial charge is 0.279 e. The molecule has 0 saturated heterocycles. The zero-order chi connectivity index (χ0) is 12.2. The first-order chi connectivity index (χ1) is 7.51. The molecule has 0 aliphatic heterocycles. The zero-order valence-corrected chi connectivity index (χ0v) is 10.1. The number of carbonyl (C=O) groups is 1.